The van der Waals surface area contributed by atoms with E-state index in [0.29, 0.717) is 11.1 Å². The fraction of sp³-hybridized carbons (Fsp3) is 0.167. The molecular formula is C12H8F3NO2. The zero-order valence-electron chi connectivity index (χ0n) is 9.07. The molecule has 1 aromatic heterocycles. The number of rotatable bonds is 2. The Kier molecular flexibility index (Phi) is 3.18. The molecule has 6 heteroatoms. The first-order chi connectivity index (χ1) is 8.48. The number of ether oxygens (including phenoxy) is 1. The van der Waals surface area contributed by atoms with E-state index in [1.54, 1.807) is 30.3 Å². The van der Waals surface area contributed by atoms with Crippen molar-refractivity contribution < 1.29 is 22.7 Å². The highest BCUT2D eigenvalue weighted by atomic mass is 19.4. The van der Waals surface area contributed by atoms with Gasteiger partial charge < -0.3 is 4.74 Å². The second kappa shape index (κ2) is 4.64. The fourth-order valence-corrected chi connectivity index (χ4v) is 1.51. The number of fused-ring (bicyclic) bond motifs is 1. The predicted octanol–water partition coefficient (Wildman–Crippen LogP) is 2.84. The summed E-state index contributed by atoms with van der Waals surface area (Å²) in [4.78, 5) is 14.7. The van der Waals surface area contributed by atoms with E-state index in [0.717, 1.165) is 5.39 Å². The Balaban J connectivity index is 2.20. The topological polar surface area (TPSA) is 39.2 Å². The summed E-state index contributed by atoms with van der Waals surface area (Å²) in [6, 6.07) is 8.50. The maximum atomic E-state index is 12.0. The molecule has 1 heterocycles. The average Bonchev–Trinajstić information content (AvgIpc) is 2.34. The van der Waals surface area contributed by atoms with Crippen molar-refractivity contribution in [3.8, 4) is 0 Å². The van der Waals surface area contributed by atoms with Crippen LogP contribution in [0.1, 0.15) is 5.56 Å². The number of pyridine rings is 1. The Bertz CT molecular complexity index is 576. The highest BCUT2D eigenvalue weighted by Gasteiger charge is 2.40. The normalized spacial score (nSPS) is 11.5. The molecule has 0 spiro atoms. The van der Waals surface area contributed by atoms with Gasteiger partial charge in [0.2, 0.25) is 0 Å². The van der Waals surface area contributed by atoms with Gasteiger partial charge in [-0.05, 0) is 6.07 Å². The highest BCUT2D eigenvalue weighted by molar-refractivity contribution is 5.82. The maximum Gasteiger partial charge on any atom is 0.490 e. The molecule has 0 saturated heterocycles. The number of alkyl halides is 3. The summed E-state index contributed by atoms with van der Waals surface area (Å²) in [5.74, 6) is -2.20. The van der Waals surface area contributed by atoms with Gasteiger partial charge in [-0.3, -0.25) is 4.98 Å². The lowest BCUT2D eigenvalue weighted by molar-refractivity contribution is -0.201. The highest BCUT2D eigenvalue weighted by Crippen LogP contribution is 2.20. The van der Waals surface area contributed by atoms with Gasteiger partial charge in [0, 0.05) is 17.1 Å². The third-order valence-electron chi connectivity index (χ3n) is 2.31. The van der Waals surface area contributed by atoms with Gasteiger partial charge in [-0.15, -0.1) is 0 Å². The molecule has 0 fully saturated rings. The van der Waals surface area contributed by atoms with Gasteiger partial charge in [-0.1, -0.05) is 24.3 Å². The van der Waals surface area contributed by atoms with Crippen molar-refractivity contribution in [2.24, 2.45) is 0 Å². The van der Waals surface area contributed by atoms with Gasteiger partial charge in [0.15, 0.2) is 0 Å². The molecule has 1 aromatic carbocycles. The first-order valence-electron chi connectivity index (χ1n) is 5.05. The van der Waals surface area contributed by atoms with Gasteiger partial charge in [-0.2, -0.15) is 13.2 Å². The predicted molar refractivity (Wildman–Crippen MR) is 57.6 cm³/mol. The molecule has 0 aliphatic carbocycles. The lowest BCUT2D eigenvalue weighted by atomic mass is 10.1. The fourth-order valence-electron chi connectivity index (χ4n) is 1.51. The van der Waals surface area contributed by atoms with Crippen LogP contribution in [0.5, 0.6) is 0 Å². The number of carbonyl (C=O) groups is 1. The quantitative estimate of drug-likeness (QED) is 0.774. The molecule has 0 unspecified atom stereocenters. The van der Waals surface area contributed by atoms with Crippen LogP contribution in [0.3, 0.4) is 0 Å². The molecule has 0 N–H and O–H groups in total. The Morgan fingerprint density at radius 2 is 1.94 bits per heavy atom. The molecule has 0 aliphatic rings. The Morgan fingerprint density at radius 1 is 1.22 bits per heavy atom. The van der Waals surface area contributed by atoms with E-state index in [1.807, 2.05) is 0 Å². The number of esters is 1. The summed E-state index contributed by atoms with van der Waals surface area (Å²) < 4.78 is 40.1. The number of halogens is 3. The Hall–Kier alpha value is -2.11. The number of aromatic nitrogens is 1. The van der Waals surface area contributed by atoms with Crippen molar-refractivity contribution in [1.82, 2.24) is 4.98 Å². The first-order valence-corrected chi connectivity index (χ1v) is 5.05. The molecule has 0 atom stereocenters. The standard InChI is InChI=1S/C12H8F3NO2/c13-12(14,15)11(17)18-7-9-4-1-3-8-5-2-6-16-10(8)9/h1-6H,7H2. The number of benzene rings is 1. The minimum absolute atomic E-state index is 0.436. The molecule has 0 amide bonds. The second-order valence-electron chi connectivity index (χ2n) is 3.57. The zero-order valence-corrected chi connectivity index (χ0v) is 9.07. The van der Waals surface area contributed by atoms with Crippen LogP contribution in [0.4, 0.5) is 13.2 Å². The van der Waals surface area contributed by atoms with Gasteiger partial charge >= 0.3 is 12.1 Å². The van der Waals surface area contributed by atoms with Crippen molar-refractivity contribution in [3.05, 3.63) is 42.1 Å². The van der Waals surface area contributed by atoms with Crippen LogP contribution in [0.25, 0.3) is 10.9 Å². The molecule has 3 nitrogen and oxygen atoms in total. The van der Waals surface area contributed by atoms with Crippen molar-refractivity contribution in [2.75, 3.05) is 0 Å². The Morgan fingerprint density at radius 3 is 2.67 bits per heavy atom. The third-order valence-corrected chi connectivity index (χ3v) is 2.31. The monoisotopic (exact) mass is 255 g/mol. The van der Waals surface area contributed by atoms with E-state index in [-0.39, 0.29) is 0 Å². The SMILES string of the molecule is O=C(OCc1cccc2cccnc12)C(F)(F)F. The van der Waals surface area contributed by atoms with E-state index in [2.05, 4.69) is 9.72 Å². The molecule has 94 valence electrons. The molecule has 0 radical (unpaired) electrons. The minimum atomic E-state index is -4.97. The van der Waals surface area contributed by atoms with Crippen LogP contribution < -0.4 is 0 Å². The van der Waals surface area contributed by atoms with E-state index in [1.165, 1.54) is 6.20 Å². The lowest BCUT2D eigenvalue weighted by Crippen LogP contribution is -2.25. The summed E-state index contributed by atoms with van der Waals surface area (Å²) in [7, 11) is 0. The van der Waals surface area contributed by atoms with Crippen LogP contribution in [0.2, 0.25) is 0 Å². The molecule has 0 aliphatic heterocycles. The van der Waals surface area contributed by atoms with Crippen LogP contribution in [0.15, 0.2) is 36.5 Å². The van der Waals surface area contributed by atoms with E-state index in [4.69, 9.17) is 0 Å². The minimum Gasteiger partial charge on any atom is -0.454 e. The summed E-state index contributed by atoms with van der Waals surface area (Å²) in [5, 5.41) is 0.776. The Labute approximate surface area is 100 Å². The summed E-state index contributed by atoms with van der Waals surface area (Å²) in [6.07, 6.45) is -3.45. The maximum absolute atomic E-state index is 12.0. The zero-order chi connectivity index (χ0) is 13.2. The number of nitrogens with zero attached hydrogens (tertiary/aromatic N) is 1. The van der Waals surface area contributed by atoms with Gasteiger partial charge in [-0.25, -0.2) is 4.79 Å². The van der Waals surface area contributed by atoms with Crippen molar-refractivity contribution >= 4 is 16.9 Å². The smallest absolute Gasteiger partial charge is 0.454 e. The molecule has 2 aromatic rings. The van der Waals surface area contributed by atoms with Gasteiger partial charge in [0.1, 0.15) is 6.61 Å². The number of carbonyl (C=O) groups excluding carboxylic acids is 1. The average molecular weight is 255 g/mol. The van der Waals surface area contributed by atoms with E-state index >= 15 is 0 Å². The van der Waals surface area contributed by atoms with Gasteiger partial charge in [0.25, 0.3) is 0 Å². The van der Waals surface area contributed by atoms with E-state index in [9.17, 15) is 18.0 Å². The molecule has 0 bridgehead atoms. The molecule has 18 heavy (non-hydrogen) atoms. The van der Waals surface area contributed by atoms with Crippen molar-refractivity contribution in [2.45, 2.75) is 12.8 Å². The summed E-state index contributed by atoms with van der Waals surface area (Å²) in [5.41, 5.74) is 0.959. The second-order valence-corrected chi connectivity index (χ2v) is 3.57. The first kappa shape index (κ1) is 12.3. The van der Waals surface area contributed by atoms with Crippen molar-refractivity contribution in [3.63, 3.8) is 0 Å². The molecule has 0 saturated carbocycles. The van der Waals surface area contributed by atoms with Crippen molar-refractivity contribution in [1.29, 1.82) is 0 Å². The number of hydrogen-bond acceptors (Lipinski definition) is 3. The summed E-state index contributed by atoms with van der Waals surface area (Å²) >= 11 is 0. The number of hydrogen-bond donors (Lipinski definition) is 0. The van der Waals surface area contributed by atoms with Crippen LogP contribution in [-0.2, 0) is 16.1 Å². The van der Waals surface area contributed by atoms with Crippen LogP contribution in [0, 0.1) is 0 Å². The third kappa shape index (κ3) is 2.58. The molecule has 2 rings (SSSR count). The molecular weight excluding hydrogens is 247 g/mol. The van der Waals surface area contributed by atoms with E-state index < -0.39 is 18.8 Å². The van der Waals surface area contributed by atoms with Gasteiger partial charge in [0.05, 0.1) is 5.52 Å². The number of para-hydroxylation sites is 1. The van der Waals surface area contributed by atoms with Crippen LogP contribution in [-0.4, -0.2) is 17.1 Å². The lowest BCUT2D eigenvalue weighted by Gasteiger charge is -2.08. The summed E-state index contributed by atoms with van der Waals surface area (Å²) in [6.45, 7) is -0.452. The largest absolute Gasteiger partial charge is 0.490 e. The van der Waals surface area contributed by atoms with Crippen LogP contribution >= 0.6 is 0 Å².